The van der Waals surface area contributed by atoms with Crippen molar-refractivity contribution in [3.05, 3.63) is 95.7 Å². The molecule has 3 rings (SSSR count). The molecule has 3 aromatic rings. The van der Waals surface area contributed by atoms with Crippen LogP contribution in [0.25, 0.3) is 0 Å². The Morgan fingerprint density at radius 1 is 0.852 bits per heavy atom. The number of rotatable bonds is 7. The van der Waals surface area contributed by atoms with Gasteiger partial charge in [0, 0.05) is 28.5 Å². The summed E-state index contributed by atoms with van der Waals surface area (Å²) in [4.78, 5) is 12.1. The molecule has 0 spiro atoms. The van der Waals surface area contributed by atoms with Crippen LogP contribution in [-0.2, 0) is 0 Å². The van der Waals surface area contributed by atoms with E-state index in [1.54, 1.807) is 37.6 Å². The predicted octanol–water partition coefficient (Wildman–Crippen LogP) is 5.95. The van der Waals surface area contributed by atoms with E-state index < -0.39 is 0 Å². The van der Waals surface area contributed by atoms with Crippen LogP contribution in [0.1, 0.15) is 10.4 Å². The van der Waals surface area contributed by atoms with Gasteiger partial charge in [-0.2, -0.15) is 0 Å². The number of hydrogen-bond acceptors (Lipinski definition) is 4. The standard InChI is InChI=1S/C22H18ClNO3/c1-26-19-10-12-21(13-11-19)27-20-8-6-18(7-9-20)24-15-14-22(25)16-2-4-17(23)5-3-16/h2-15,24H,1H3. The molecular formula is C22H18ClNO3. The highest BCUT2D eigenvalue weighted by atomic mass is 35.5. The average molecular weight is 380 g/mol. The lowest BCUT2D eigenvalue weighted by Gasteiger charge is -2.07. The van der Waals surface area contributed by atoms with Crippen molar-refractivity contribution in [2.45, 2.75) is 0 Å². The molecule has 0 radical (unpaired) electrons. The van der Waals surface area contributed by atoms with Gasteiger partial charge in [0.05, 0.1) is 7.11 Å². The van der Waals surface area contributed by atoms with E-state index in [1.165, 1.54) is 6.08 Å². The first-order valence-electron chi connectivity index (χ1n) is 8.29. The van der Waals surface area contributed by atoms with Crippen LogP contribution in [0.15, 0.2) is 85.1 Å². The van der Waals surface area contributed by atoms with Gasteiger partial charge in [-0.05, 0) is 72.8 Å². The Hall–Kier alpha value is -3.24. The third kappa shape index (κ3) is 5.36. The van der Waals surface area contributed by atoms with Crippen LogP contribution in [0, 0.1) is 0 Å². The highest BCUT2D eigenvalue weighted by Gasteiger charge is 2.01. The Morgan fingerprint density at radius 2 is 1.41 bits per heavy atom. The van der Waals surface area contributed by atoms with Gasteiger partial charge in [-0.15, -0.1) is 0 Å². The van der Waals surface area contributed by atoms with Crippen LogP contribution < -0.4 is 14.8 Å². The molecule has 0 aromatic heterocycles. The number of benzene rings is 3. The van der Waals surface area contributed by atoms with Crippen molar-refractivity contribution in [2.24, 2.45) is 0 Å². The summed E-state index contributed by atoms with van der Waals surface area (Å²) in [6.45, 7) is 0. The fourth-order valence-corrected chi connectivity index (χ4v) is 2.45. The van der Waals surface area contributed by atoms with Crippen LogP contribution in [0.5, 0.6) is 17.2 Å². The van der Waals surface area contributed by atoms with Crippen LogP contribution in [0.2, 0.25) is 5.02 Å². The van der Waals surface area contributed by atoms with E-state index in [9.17, 15) is 4.79 Å². The Balaban J connectivity index is 1.55. The third-order valence-electron chi connectivity index (χ3n) is 3.76. The summed E-state index contributed by atoms with van der Waals surface area (Å²) >= 11 is 5.82. The summed E-state index contributed by atoms with van der Waals surface area (Å²) in [5.74, 6) is 2.12. The molecule has 3 aromatic carbocycles. The molecular weight excluding hydrogens is 362 g/mol. The van der Waals surface area contributed by atoms with Crippen molar-refractivity contribution in [1.29, 1.82) is 0 Å². The zero-order valence-corrected chi connectivity index (χ0v) is 15.4. The smallest absolute Gasteiger partial charge is 0.187 e. The Labute approximate surface area is 163 Å². The van der Waals surface area contributed by atoms with E-state index in [0.717, 1.165) is 17.2 Å². The predicted molar refractivity (Wildman–Crippen MR) is 108 cm³/mol. The molecule has 0 aliphatic heterocycles. The molecule has 27 heavy (non-hydrogen) atoms. The lowest BCUT2D eigenvalue weighted by molar-refractivity contribution is 0.104. The van der Waals surface area contributed by atoms with Crippen LogP contribution in [0.3, 0.4) is 0 Å². The Kier molecular flexibility index (Phi) is 6.13. The van der Waals surface area contributed by atoms with Gasteiger partial charge in [0.15, 0.2) is 5.78 Å². The van der Waals surface area contributed by atoms with Crippen LogP contribution in [-0.4, -0.2) is 12.9 Å². The van der Waals surface area contributed by atoms with Gasteiger partial charge in [-0.1, -0.05) is 11.6 Å². The minimum absolute atomic E-state index is 0.0985. The van der Waals surface area contributed by atoms with Gasteiger partial charge in [-0.3, -0.25) is 4.79 Å². The molecule has 0 amide bonds. The molecule has 0 aliphatic carbocycles. The number of halogens is 1. The molecule has 0 atom stereocenters. The summed E-state index contributed by atoms with van der Waals surface area (Å²) in [6.07, 6.45) is 3.08. The Morgan fingerprint density at radius 3 is 2.00 bits per heavy atom. The van der Waals surface area contributed by atoms with Gasteiger partial charge < -0.3 is 14.8 Å². The van der Waals surface area contributed by atoms with Gasteiger partial charge >= 0.3 is 0 Å². The SMILES string of the molecule is COc1ccc(Oc2ccc(NC=CC(=O)c3ccc(Cl)cc3)cc2)cc1. The first kappa shape index (κ1) is 18.5. The van der Waals surface area contributed by atoms with Crippen molar-refractivity contribution >= 4 is 23.1 Å². The van der Waals surface area contributed by atoms with E-state index in [4.69, 9.17) is 21.1 Å². The second-order valence-corrected chi connectivity index (χ2v) is 6.09. The van der Waals surface area contributed by atoms with Gasteiger partial charge in [0.2, 0.25) is 0 Å². The number of nitrogens with one attached hydrogen (secondary N) is 1. The second kappa shape index (κ2) is 8.92. The molecule has 0 aliphatic rings. The van der Waals surface area contributed by atoms with Crippen molar-refractivity contribution in [3.63, 3.8) is 0 Å². The molecule has 0 saturated carbocycles. The van der Waals surface area contributed by atoms with Crippen molar-refractivity contribution in [3.8, 4) is 17.2 Å². The minimum Gasteiger partial charge on any atom is -0.497 e. The number of anilines is 1. The largest absolute Gasteiger partial charge is 0.497 e. The number of methoxy groups -OCH3 is 1. The number of hydrogen-bond donors (Lipinski definition) is 1. The van der Waals surface area contributed by atoms with E-state index in [-0.39, 0.29) is 5.78 Å². The number of carbonyl (C=O) groups is 1. The maximum absolute atomic E-state index is 12.1. The number of allylic oxidation sites excluding steroid dienone is 1. The zero-order chi connectivity index (χ0) is 19.1. The van der Waals surface area contributed by atoms with Crippen molar-refractivity contribution in [2.75, 3.05) is 12.4 Å². The first-order chi connectivity index (χ1) is 13.1. The van der Waals surface area contributed by atoms with Gasteiger partial charge in [0.25, 0.3) is 0 Å². The van der Waals surface area contributed by atoms with Crippen molar-refractivity contribution in [1.82, 2.24) is 0 Å². The van der Waals surface area contributed by atoms with Crippen LogP contribution >= 0.6 is 11.6 Å². The molecule has 0 fully saturated rings. The molecule has 0 heterocycles. The maximum atomic E-state index is 12.1. The van der Waals surface area contributed by atoms with Crippen molar-refractivity contribution < 1.29 is 14.3 Å². The highest BCUT2D eigenvalue weighted by molar-refractivity contribution is 6.30. The van der Waals surface area contributed by atoms with E-state index in [1.807, 2.05) is 48.5 Å². The molecule has 0 saturated heterocycles. The fourth-order valence-electron chi connectivity index (χ4n) is 2.32. The summed E-state index contributed by atoms with van der Waals surface area (Å²) in [7, 11) is 1.62. The van der Waals surface area contributed by atoms with E-state index >= 15 is 0 Å². The topological polar surface area (TPSA) is 47.6 Å². The number of ether oxygens (including phenoxy) is 2. The monoisotopic (exact) mass is 379 g/mol. The van der Waals surface area contributed by atoms with Crippen LogP contribution in [0.4, 0.5) is 5.69 Å². The summed E-state index contributed by atoms with van der Waals surface area (Å²) in [6, 6.07) is 21.6. The first-order valence-corrected chi connectivity index (χ1v) is 8.67. The minimum atomic E-state index is -0.0985. The maximum Gasteiger partial charge on any atom is 0.187 e. The zero-order valence-electron chi connectivity index (χ0n) is 14.7. The molecule has 1 N–H and O–H groups in total. The second-order valence-electron chi connectivity index (χ2n) is 5.65. The third-order valence-corrected chi connectivity index (χ3v) is 4.01. The number of carbonyl (C=O) groups excluding carboxylic acids is 1. The van der Waals surface area contributed by atoms with Gasteiger partial charge in [0.1, 0.15) is 17.2 Å². The number of ketones is 1. The summed E-state index contributed by atoms with van der Waals surface area (Å²) in [5.41, 5.74) is 1.43. The summed E-state index contributed by atoms with van der Waals surface area (Å²) < 4.78 is 10.9. The molecule has 0 unspecified atom stereocenters. The molecule has 4 nitrogen and oxygen atoms in total. The van der Waals surface area contributed by atoms with E-state index in [0.29, 0.717) is 16.3 Å². The highest BCUT2D eigenvalue weighted by Crippen LogP contribution is 2.25. The lowest BCUT2D eigenvalue weighted by atomic mass is 10.1. The Bertz CT molecular complexity index is 917. The fraction of sp³-hybridized carbons (Fsp3) is 0.0455. The lowest BCUT2D eigenvalue weighted by Crippen LogP contribution is -1.96. The van der Waals surface area contributed by atoms with E-state index in [2.05, 4.69) is 5.32 Å². The molecule has 136 valence electrons. The average Bonchev–Trinajstić information content (AvgIpc) is 2.70. The molecule has 5 heteroatoms. The molecule has 0 bridgehead atoms. The summed E-state index contributed by atoms with van der Waals surface area (Å²) in [5, 5.41) is 3.67. The van der Waals surface area contributed by atoms with Gasteiger partial charge in [-0.25, -0.2) is 0 Å². The normalized spacial score (nSPS) is 10.6. The quantitative estimate of drug-likeness (QED) is 0.407.